The van der Waals surface area contributed by atoms with Crippen LogP contribution in [0.3, 0.4) is 0 Å². The quantitative estimate of drug-likeness (QED) is 0.881. The van der Waals surface area contributed by atoms with Gasteiger partial charge in [0.1, 0.15) is 5.82 Å². The van der Waals surface area contributed by atoms with Crippen molar-refractivity contribution in [2.75, 3.05) is 6.54 Å². The summed E-state index contributed by atoms with van der Waals surface area (Å²) in [6.45, 7) is 2.28. The first kappa shape index (κ1) is 13.5. The summed E-state index contributed by atoms with van der Waals surface area (Å²) in [7, 11) is 0. The Morgan fingerprint density at radius 2 is 1.89 bits per heavy atom. The molecule has 0 bridgehead atoms. The molecule has 1 aromatic carbocycles. The highest BCUT2D eigenvalue weighted by atomic mass is 19.1. The van der Waals surface area contributed by atoms with Gasteiger partial charge < -0.3 is 10.6 Å². The van der Waals surface area contributed by atoms with E-state index in [0.717, 1.165) is 6.42 Å². The molecule has 2 unspecified atom stereocenters. The van der Waals surface area contributed by atoms with Crippen LogP contribution in [0.4, 0.5) is 4.39 Å². The Morgan fingerprint density at radius 1 is 1.26 bits per heavy atom. The Balaban J connectivity index is 2.16. The molecule has 1 aliphatic rings. The molecule has 5 heteroatoms. The lowest BCUT2D eigenvalue weighted by Crippen LogP contribution is -2.48. The van der Waals surface area contributed by atoms with E-state index in [1.54, 1.807) is 4.90 Å². The van der Waals surface area contributed by atoms with Crippen LogP contribution in [-0.2, 0) is 4.79 Å². The number of benzene rings is 1. The lowest BCUT2D eigenvalue weighted by atomic mass is 9.92. The summed E-state index contributed by atoms with van der Waals surface area (Å²) >= 11 is 0. The highest BCUT2D eigenvalue weighted by molar-refractivity contribution is 5.94. The van der Waals surface area contributed by atoms with Crippen LogP contribution >= 0.6 is 0 Å². The molecular formula is C14H17FN2O2. The molecule has 0 aromatic heterocycles. The SMILES string of the molecule is CC1CCC(C(N)=O)CN1C(=O)c1ccc(F)cc1. The average Bonchev–Trinajstić information content (AvgIpc) is 2.39. The van der Waals surface area contributed by atoms with Gasteiger partial charge in [-0.05, 0) is 44.0 Å². The van der Waals surface area contributed by atoms with Gasteiger partial charge in [0.05, 0.1) is 5.92 Å². The summed E-state index contributed by atoms with van der Waals surface area (Å²) in [4.78, 5) is 25.2. The molecule has 2 N–H and O–H groups in total. The molecule has 2 atom stereocenters. The van der Waals surface area contributed by atoms with Crippen LogP contribution in [0.15, 0.2) is 24.3 Å². The maximum Gasteiger partial charge on any atom is 0.254 e. The van der Waals surface area contributed by atoms with E-state index in [4.69, 9.17) is 5.73 Å². The fourth-order valence-corrected chi connectivity index (χ4v) is 2.38. The zero-order valence-corrected chi connectivity index (χ0v) is 10.8. The summed E-state index contributed by atoms with van der Waals surface area (Å²) in [6, 6.07) is 5.49. The van der Waals surface area contributed by atoms with Crippen LogP contribution in [0, 0.1) is 11.7 Å². The molecule has 0 aliphatic carbocycles. The Bertz CT molecular complexity index is 487. The highest BCUT2D eigenvalue weighted by Gasteiger charge is 2.31. The number of halogens is 1. The highest BCUT2D eigenvalue weighted by Crippen LogP contribution is 2.23. The molecule has 2 amide bonds. The van der Waals surface area contributed by atoms with Crippen LogP contribution in [0.5, 0.6) is 0 Å². The maximum atomic E-state index is 12.9. The number of amides is 2. The van der Waals surface area contributed by atoms with E-state index in [2.05, 4.69) is 0 Å². The van der Waals surface area contributed by atoms with Gasteiger partial charge >= 0.3 is 0 Å². The van der Waals surface area contributed by atoms with E-state index in [1.165, 1.54) is 24.3 Å². The van der Waals surface area contributed by atoms with Gasteiger partial charge in [-0.15, -0.1) is 0 Å². The summed E-state index contributed by atoms with van der Waals surface area (Å²) < 4.78 is 12.9. The van der Waals surface area contributed by atoms with Crippen molar-refractivity contribution >= 4 is 11.8 Å². The predicted octanol–water partition coefficient (Wildman–Crippen LogP) is 1.55. The molecule has 1 saturated heterocycles. The number of likely N-dealkylation sites (tertiary alicyclic amines) is 1. The van der Waals surface area contributed by atoms with Crippen molar-refractivity contribution in [3.63, 3.8) is 0 Å². The summed E-state index contributed by atoms with van der Waals surface area (Å²) in [5.41, 5.74) is 5.74. The molecule has 1 fully saturated rings. The molecule has 1 aromatic rings. The Hall–Kier alpha value is -1.91. The van der Waals surface area contributed by atoms with Crippen molar-refractivity contribution in [2.45, 2.75) is 25.8 Å². The third-order valence-corrected chi connectivity index (χ3v) is 3.64. The van der Waals surface area contributed by atoms with Crippen LogP contribution in [-0.4, -0.2) is 29.3 Å². The van der Waals surface area contributed by atoms with Crippen LogP contribution in [0.25, 0.3) is 0 Å². The number of nitrogens with two attached hydrogens (primary N) is 1. The van der Waals surface area contributed by atoms with E-state index in [1.807, 2.05) is 6.92 Å². The van der Waals surface area contributed by atoms with Crippen molar-refractivity contribution in [3.8, 4) is 0 Å². The molecule has 0 radical (unpaired) electrons. The van der Waals surface area contributed by atoms with Gasteiger partial charge in [-0.1, -0.05) is 0 Å². The van der Waals surface area contributed by atoms with Gasteiger partial charge in [-0.3, -0.25) is 9.59 Å². The van der Waals surface area contributed by atoms with Gasteiger partial charge in [0.2, 0.25) is 5.91 Å². The minimum Gasteiger partial charge on any atom is -0.369 e. The number of carbonyl (C=O) groups excluding carboxylic acids is 2. The van der Waals surface area contributed by atoms with Gasteiger partial charge in [0, 0.05) is 18.2 Å². The number of nitrogens with zero attached hydrogens (tertiary/aromatic N) is 1. The monoisotopic (exact) mass is 264 g/mol. The molecule has 0 spiro atoms. The minimum atomic E-state index is -0.377. The molecule has 1 heterocycles. The topological polar surface area (TPSA) is 63.4 Å². The molecule has 4 nitrogen and oxygen atoms in total. The number of piperidine rings is 1. The standard InChI is InChI=1S/C14H17FN2O2/c1-9-2-3-11(13(16)18)8-17(9)14(19)10-4-6-12(15)7-5-10/h4-7,9,11H,2-3,8H2,1H3,(H2,16,18). The van der Waals surface area contributed by atoms with Gasteiger partial charge in [-0.2, -0.15) is 0 Å². The van der Waals surface area contributed by atoms with Crippen molar-refractivity contribution in [1.82, 2.24) is 4.90 Å². The number of rotatable bonds is 2. The normalized spacial score (nSPS) is 23.2. The van der Waals surface area contributed by atoms with E-state index >= 15 is 0 Å². The zero-order valence-electron chi connectivity index (χ0n) is 10.8. The van der Waals surface area contributed by atoms with Crippen molar-refractivity contribution in [2.24, 2.45) is 11.7 Å². The van der Waals surface area contributed by atoms with Crippen molar-refractivity contribution in [3.05, 3.63) is 35.6 Å². The number of primary amides is 1. The zero-order chi connectivity index (χ0) is 14.0. The van der Waals surface area contributed by atoms with Crippen molar-refractivity contribution < 1.29 is 14.0 Å². The van der Waals surface area contributed by atoms with Crippen LogP contribution in [0.2, 0.25) is 0 Å². The predicted molar refractivity (Wildman–Crippen MR) is 68.8 cm³/mol. The summed E-state index contributed by atoms with van der Waals surface area (Å²) in [5.74, 6) is -1.22. The first-order valence-corrected chi connectivity index (χ1v) is 6.35. The molecule has 19 heavy (non-hydrogen) atoms. The second-order valence-corrected chi connectivity index (χ2v) is 4.99. The average molecular weight is 264 g/mol. The Labute approximate surface area is 111 Å². The van der Waals surface area contributed by atoms with Gasteiger partial charge in [-0.25, -0.2) is 4.39 Å². The fraction of sp³-hybridized carbons (Fsp3) is 0.429. The lowest BCUT2D eigenvalue weighted by Gasteiger charge is -2.37. The second-order valence-electron chi connectivity index (χ2n) is 4.99. The largest absolute Gasteiger partial charge is 0.369 e. The van der Waals surface area contributed by atoms with Crippen LogP contribution < -0.4 is 5.73 Å². The molecule has 102 valence electrons. The number of hydrogen-bond donors (Lipinski definition) is 1. The van der Waals surface area contributed by atoms with Crippen LogP contribution in [0.1, 0.15) is 30.1 Å². The smallest absolute Gasteiger partial charge is 0.254 e. The lowest BCUT2D eigenvalue weighted by molar-refractivity contribution is -0.123. The maximum absolute atomic E-state index is 12.9. The Morgan fingerprint density at radius 3 is 2.47 bits per heavy atom. The van der Waals surface area contributed by atoms with E-state index < -0.39 is 0 Å². The molecule has 2 rings (SSSR count). The minimum absolute atomic E-state index is 0.0631. The first-order chi connectivity index (χ1) is 8.99. The molecule has 1 aliphatic heterocycles. The third kappa shape index (κ3) is 2.92. The van der Waals surface area contributed by atoms with E-state index in [9.17, 15) is 14.0 Å². The van der Waals surface area contributed by atoms with E-state index in [-0.39, 0.29) is 29.6 Å². The number of carbonyl (C=O) groups is 2. The van der Waals surface area contributed by atoms with Gasteiger partial charge in [0.15, 0.2) is 0 Å². The summed E-state index contributed by atoms with van der Waals surface area (Å²) in [6.07, 6.45) is 1.46. The summed E-state index contributed by atoms with van der Waals surface area (Å²) in [5, 5.41) is 0. The second kappa shape index (κ2) is 5.38. The molecular weight excluding hydrogens is 247 g/mol. The Kier molecular flexibility index (Phi) is 3.83. The van der Waals surface area contributed by atoms with Gasteiger partial charge in [0.25, 0.3) is 5.91 Å². The number of hydrogen-bond acceptors (Lipinski definition) is 2. The van der Waals surface area contributed by atoms with E-state index in [0.29, 0.717) is 18.5 Å². The van der Waals surface area contributed by atoms with Crippen molar-refractivity contribution in [1.29, 1.82) is 0 Å². The fourth-order valence-electron chi connectivity index (χ4n) is 2.38. The third-order valence-electron chi connectivity index (χ3n) is 3.64. The first-order valence-electron chi connectivity index (χ1n) is 6.35. The molecule has 0 saturated carbocycles.